The van der Waals surface area contributed by atoms with Gasteiger partial charge in [0.05, 0.1) is 0 Å². The molecule has 2 aliphatic rings. The Morgan fingerprint density at radius 2 is 0.833 bits per heavy atom. The molecule has 2 aliphatic carbocycles. The Kier molecular flexibility index (Phi) is 12.8. The Balaban J connectivity index is -0.000000310. The van der Waals surface area contributed by atoms with Crippen LogP contribution in [0.1, 0.15) is 69.2 Å². The van der Waals surface area contributed by atoms with E-state index in [1.165, 1.54) is 33.4 Å². The van der Waals surface area contributed by atoms with E-state index in [1.807, 2.05) is 0 Å². The standard InChI is InChI=1S/2C10H15.CH4O.CH3.Zr/c2*1-7-6-10(4,5)9(3)8(7)2;1-2;;/h2*1-5H3;2H,1H3;1H3;/q2*-1;;-1;+3. The molecule has 24 heavy (non-hydrogen) atoms. The van der Waals surface area contributed by atoms with Gasteiger partial charge in [-0.3, -0.25) is 12.2 Å². The zero-order chi connectivity index (χ0) is 17.9. The number of aliphatic hydroxyl groups is 1. The minimum atomic E-state index is 0. The normalized spacial score (nSPS) is 19.8. The molecule has 0 spiro atoms. The molecule has 0 aliphatic heterocycles. The number of hydrogen-bond acceptors (Lipinski definition) is 1. The summed E-state index contributed by atoms with van der Waals surface area (Å²) in [5.41, 5.74) is 8.79. The molecule has 2 rings (SSSR count). The van der Waals surface area contributed by atoms with E-state index in [9.17, 15) is 0 Å². The number of allylic oxidation sites excluding steroid dienone is 8. The molecule has 0 heterocycles. The molecule has 0 atom stereocenters. The molecule has 1 nitrogen and oxygen atoms in total. The first-order valence-corrected chi connectivity index (χ1v) is 7.95. The quantitative estimate of drug-likeness (QED) is 0.468. The second-order valence-corrected chi connectivity index (χ2v) is 7.25. The van der Waals surface area contributed by atoms with Crippen molar-refractivity contribution in [3.05, 3.63) is 53.0 Å². The van der Waals surface area contributed by atoms with Crippen molar-refractivity contribution in [2.45, 2.75) is 69.2 Å². The molecule has 0 amide bonds. The predicted octanol–water partition coefficient (Wildman–Crippen LogP) is 6.28. The van der Waals surface area contributed by atoms with Crippen LogP contribution < -0.4 is 0 Å². The summed E-state index contributed by atoms with van der Waals surface area (Å²) in [6, 6.07) is 0. The van der Waals surface area contributed by atoms with Crippen LogP contribution in [0, 0.1) is 30.4 Å². The maximum Gasteiger partial charge on any atom is 3.00 e. The summed E-state index contributed by atoms with van der Waals surface area (Å²) in [5.74, 6) is 0. The van der Waals surface area contributed by atoms with Crippen LogP contribution >= 0.6 is 0 Å². The van der Waals surface area contributed by atoms with Crippen molar-refractivity contribution in [2.75, 3.05) is 7.11 Å². The molecule has 135 valence electrons. The van der Waals surface area contributed by atoms with E-state index < -0.39 is 0 Å². The van der Waals surface area contributed by atoms with Crippen LogP contribution in [0.25, 0.3) is 0 Å². The first kappa shape index (κ1) is 28.6. The van der Waals surface area contributed by atoms with Gasteiger partial charge in [-0.25, -0.2) is 11.1 Å². The number of hydrogen-bond donors (Lipinski definition) is 1. The minimum Gasteiger partial charge on any atom is -0.400 e. The van der Waals surface area contributed by atoms with Gasteiger partial charge in [0.2, 0.25) is 0 Å². The van der Waals surface area contributed by atoms with Crippen molar-refractivity contribution in [1.82, 2.24) is 0 Å². The average molecular weight is 409 g/mol. The van der Waals surface area contributed by atoms with Gasteiger partial charge in [-0.1, -0.05) is 66.2 Å². The van der Waals surface area contributed by atoms with E-state index in [2.05, 4.69) is 81.4 Å². The SMILES string of the molecule is CC1=[C-]C(C)(C)C(C)=C1C.CC1=[C-]C(C)(C)C(C)=C1C.CO.[CH3-].[Zr+3]. The van der Waals surface area contributed by atoms with E-state index in [4.69, 9.17) is 5.11 Å². The Morgan fingerprint density at radius 3 is 0.875 bits per heavy atom. The summed E-state index contributed by atoms with van der Waals surface area (Å²) in [6.45, 7) is 21.8. The zero-order valence-electron chi connectivity index (χ0n) is 17.9. The maximum absolute atomic E-state index is 7.00. The van der Waals surface area contributed by atoms with Crippen molar-refractivity contribution in [1.29, 1.82) is 0 Å². The third kappa shape index (κ3) is 6.60. The van der Waals surface area contributed by atoms with Gasteiger partial charge < -0.3 is 12.5 Å². The fourth-order valence-corrected chi connectivity index (χ4v) is 2.81. The summed E-state index contributed by atoms with van der Waals surface area (Å²) in [5, 5.41) is 7.00. The van der Waals surface area contributed by atoms with Gasteiger partial charge >= 0.3 is 26.2 Å². The van der Waals surface area contributed by atoms with Crippen molar-refractivity contribution in [3.63, 3.8) is 0 Å². The Hall–Kier alpha value is -0.197. The second-order valence-electron chi connectivity index (χ2n) is 7.25. The maximum atomic E-state index is 7.00. The van der Waals surface area contributed by atoms with Crippen molar-refractivity contribution < 1.29 is 31.3 Å². The first-order chi connectivity index (χ1) is 9.90. The van der Waals surface area contributed by atoms with Crippen LogP contribution in [0.15, 0.2) is 33.4 Å². The summed E-state index contributed by atoms with van der Waals surface area (Å²) < 4.78 is 0. The van der Waals surface area contributed by atoms with Crippen LogP contribution in [0.3, 0.4) is 0 Å². The molecule has 0 aromatic carbocycles. The monoisotopic (exact) mass is 407 g/mol. The van der Waals surface area contributed by atoms with Gasteiger partial charge in [0.15, 0.2) is 0 Å². The predicted molar refractivity (Wildman–Crippen MR) is 104 cm³/mol. The molecule has 1 N–H and O–H groups in total. The topological polar surface area (TPSA) is 20.2 Å². The molecule has 0 bridgehead atoms. The average Bonchev–Trinajstić information content (AvgIpc) is 2.72. The molecule has 0 fully saturated rings. The zero-order valence-corrected chi connectivity index (χ0v) is 20.4. The fourth-order valence-electron chi connectivity index (χ4n) is 2.81. The number of rotatable bonds is 0. The fraction of sp³-hybridized carbons (Fsp3) is 0.591. The molecule has 1 radical (unpaired) electrons. The van der Waals surface area contributed by atoms with Crippen LogP contribution in [0.2, 0.25) is 0 Å². The molecule has 2 heteroatoms. The van der Waals surface area contributed by atoms with E-state index in [0.29, 0.717) is 0 Å². The van der Waals surface area contributed by atoms with Gasteiger partial charge in [-0.05, 0) is 0 Å². The van der Waals surface area contributed by atoms with E-state index in [0.717, 1.165) is 7.11 Å². The Bertz CT molecular complexity index is 490. The molecule has 0 aromatic rings. The molecule has 0 saturated carbocycles. The van der Waals surface area contributed by atoms with E-state index in [-0.39, 0.29) is 44.5 Å². The van der Waals surface area contributed by atoms with Gasteiger partial charge in [0.1, 0.15) is 0 Å². The summed E-state index contributed by atoms with van der Waals surface area (Å²) in [4.78, 5) is 0. The van der Waals surface area contributed by atoms with Crippen LogP contribution in [-0.4, -0.2) is 12.2 Å². The van der Waals surface area contributed by atoms with E-state index in [1.54, 1.807) is 0 Å². The third-order valence-electron chi connectivity index (χ3n) is 5.12. The number of aliphatic hydroxyl groups excluding tert-OH is 1. The van der Waals surface area contributed by atoms with Crippen LogP contribution in [0.4, 0.5) is 0 Å². The summed E-state index contributed by atoms with van der Waals surface area (Å²) >= 11 is 0. The Morgan fingerprint density at radius 1 is 0.625 bits per heavy atom. The third-order valence-corrected chi connectivity index (χ3v) is 5.12. The van der Waals surface area contributed by atoms with Gasteiger partial charge in [-0.15, -0.1) is 13.8 Å². The molecule has 0 saturated heterocycles. The van der Waals surface area contributed by atoms with Crippen LogP contribution in [0.5, 0.6) is 0 Å². The summed E-state index contributed by atoms with van der Waals surface area (Å²) in [7, 11) is 1.00. The molecular weight excluding hydrogens is 371 g/mol. The van der Waals surface area contributed by atoms with E-state index >= 15 is 0 Å². The molecule has 0 aromatic heterocycles. The second kappa shape index (κ2) is 10.7. The first-order valence-electron chi connectivity index (χ1n) is 7.95. The van der Waals surface area contributed by atoms with Gasteiger partial charge in [0, 0.05) is 7.11 Å². The Labute approximate surface area is 171 Å². The van der Waals surface area contributed by atoms with Crippen molar-refractivity contribution in [3.8, 4) is 0 Å². The van der Waals surface area contributed by atoms with Crippen LogP contribution in [-0.2, 0) is 26.2 Å². The summed E-state index contributed by atoms with van der Waals surface area (Å²) in [6.07, 6.45) is 6.87. The smallest absolute Gasteiger partial charge is 0.400 e. The van der Waals surface area contributed by atoms with Gasteiger partial charge in [0.25, 0.3) is 0 Å². The minimum absolute atomic E-state index is 0. The van der Waals surface area contributed by atoms with Gasteiger partial charge in [-0.2, -0.15) is 22.3 Å². The largest absolute Gasteiger partial charge is 3.00 e. The van der Waals surface area contributed by atoms with Crippen molar-refractivity contribution >= 4 is 0 Å². The van der Waals surface area contributed by atoms with Crippen molar-refractivity contribution in [2.24, 2.45) is 10.8 Å². The molecule has 0 unspecified atom stereocenters. The molecular formula is C22H37OZr.